The molecule has 0 fully saturated rings. The average Bonchev–Trinajstić information content (AvgIpc) is 2.64. The second-order valence-corrected chi connectivity index (χ2v) is 6.09. The van der Waals surface area contributed by atoms with Crippen molar-refractivity contribution in [2.45, 2.75) is 19.8 Å². The fraction of sp³-hybridized carbons (Fsp3) is 0.455. The summed E-state index contributed by atoms with van der Waals surface area (Å²) in [5.41, 5.74) is 0. The van der Waals surface area contributed by atoms with E-state index in [9.17, 15) is 9.59 Å². The summed E-state index contributed by atoms with van der Waals surface area (Å²) < 4.78 is 1.05. The van der Waals surface area contributed by atoms with Crippen LogP contribution in [0.3, 0.4) is 0 Å². The van der Waals surface area contributed by atoms with Gasteiger partial charge in [-0.3, -0.25) is 9.59 Å². The quantitative estimate of drug-likeness (QED) is 0.790. The summed E-state index contributed by atoms with van der Waals surface area (Å²) in [7, 11) is 0. The molecule has 4 nitrogen and oxygen atoms in total. The van der Waals surface area contributed by atoms with E-state index in [1.165, 1.54) is 0 Å². The number of amides is 1. The minimum absolute atomic E-state index is 0.311. The maximum Gasteiger partial charge on any atom is 0.316 e. The van der Waals surface area contributed by atoms with Crippen LogP contribution in [0.1, 0.15) is 18.2 Å². The van der Waals surface area contributed by atoms with Crippen LogP contribution >= 0.6 is 27.3 Å². The Morgan fingerprint density at radius 3 is 2.71 bits per heavy atom. The molecule has 0 spiro atoms. The number of rotatable bonds is 6. The van der Waals surface area contributed by atoms with Crippen LogP contribution in [0.4, 0.5) is 0 Å². The van der Waals surface area contributed by atoms with Crippen molar-refractivity contribution in [1.82, 2.24) is 5.32 Å². The van der Waals surface area contributed by atoms with Gasteiger partial charge in [-0.2, -0.15) is 0 Å². The van der Waals surface area contributed by atoms with E-state index in [4.69, 9.17) is 5.11 Å². The second kappa shape index (κ2) is 6.76. The number of nitrogens with one attached hydrogen (secondary N) is 1. The van der Waals surface area contributed by atoms with E-state index in [-0.39, 0.29) is 0 Å². The van der Waals surface area contributed by atoms with Crippen molar-refractivity contribution in [3.63, 3.8) is 0 Å². The molecule has 2 N–H and O–H groups in total. The number of carbonyl (C=O) groups excluding carboxylic acids is 1. The zero-order valence-electron chi connectivity index (χ0n) is 9.40. The average molecular weight is 320 g/mol. The molecule has 17 heavy (non-hydrogen) atoms. The van der Waals surface area contributed by atoms with Crippen LogP contribution in [0.2, 0.25) is 0 Å². The third-order valence-corrected chi connectivity index (χ3v) is 4.01. The Morgan fingerprint density at radius 1 is 1.53 bits per heavy atom. The van der Waals surface area contributed by atoms with Gasteiger partial charge in [0.05, 0.1) is 3.79 Å². The smallest absolute Gasteiger partial charge is 0.316 e. The third kappa shape index (κ3) is 4.47. The van der Waals surface area contributed by atoms with E-state index in [0.29, 0.717) is 13.0 Å². The maximum absolute atomic E-state index is 11.5. The van der Waals surface area contributed by atoms with Crippen molar-refractivity contribution in [2.75, 3.05) is 6.54 Å². The minimum atomic E-state index is -1.07. The molecule has 1 heterocycles. The van der Waals surface area contributed by atoms with Crippen LogP contribution < -0.4 is 5.32 Å². The molecular weight excluding hydrogens is 306 g/mol. The van der Waals surface area contributed by atoms with Gasteiger partial charge in [0.25, 0.3) is 0 Å². The molecule has 94 valence electrons. The van der Waals surface area contributed by atoms with E-state index in [1.54, 1.807) is 18.3 Å². The Kier molecular flexibility index (Phi) is 5.64. The molecule has 0 aliphatic heterocycles. The van der Waals surface area contributed by atoms with E-state index in [0.717, 1.165) is 15.1 Å². The SMILES string of the molecule is CCC(C(=O)O)C(=O)NCCc1ccc(Br)s1. The lowest BCUT2D eigenvalue weighted by atomic mass is 10.1. The van der Waals surface area contributed by atoms with Crippen molar-refractivity contribution >= 4 is 39.1 Å². The second-order valence-electron chi connectivity index (χ2n) is 3.55. The van der Waals surface area contributed by atoms with Crippen molar-refractivity contribution in [1.29, 1.82) is 0 Å². The van der Waals surface area contributed by atoms with E-state index >= 15 is 0 Å². The Balaban J connectivity index is 2.35. The molecule has 0 saturated heterocycles. The van der Waals surface area contributed by atoms with Crippen LogP contribution in [0, 0.1) is 5.92 Å². The molecular formula is C11H14BrNO3S. The van der Waals surface area contributed by atoms with Crippen LogP contribution in [-0.2, 0) is 16.0 Å². The van der Waals surface area contributed by atoms with Gasteiger partial charge < -0.3 is 10.4 Å². The predicted molar refractivity (Wildman–Crippen MR) is 70.1 cm³/mol. The highest BCUT2D eigenvalue weighted by molar-refractivity contribution is 9.11. The molecule has 0 bridgehead atoms. The van der Waals surface area contributed by atoms with Crippen LogP contribution in [-0.4, -0.2) is 23.5 Å². The Hall–Kier alpha value is -0.880. The van der Waals surface area contributed by atoms with E-state index in [1.807, 2.05) is 12.1 Å². The molecule has 1 rings (SSSR count). The van der Waals surface area contributed by atoms with Gasteiger partial charge in [0.15, 0.2) is 0 Å². The first-order chi connectivity index (χ1) is 8.04. The number of hydrogen-bond donors (Lipinski definition) is 2. The van der Waals surface area contributed by atoms with Crippen molar-refractivity contribution in [2.24, 2.45) is 5.92 Å². The Bertz CT molecular complexity index is 405. The van der Waals surface area contributed by atoms with Gasteiger partial charge in [0, 0.05) is 11.4 Å². The highest BCUT2D eigenvalue weighted by Crippen LogP contribution is 2.22. The summed E-state index contributed by atoms with van der Waals surface area (Å²) in [6.07, 6.45) is 1.03. The molecule has 1 atom stereocenters. The molecule has 1 aromatic heterocycles. The number of hydrogen-bond acceptors (Lipinski definition) is 3. The molecule has 0 saturated carbocycles. The first kappa shape index (κ1) is 14.2. The summed E-state index contributed by atoms with van der Waals surface area (Å²) in [5, 5.41) is 11.4. The first-order valence-corrected chi connectivity index (χ1v) is 6.90. The van der Waals surface area contributed by atoms with Gasteiger partial charge in [-0.15, -0.1) is 11.3 Å². The summed E-state index contributed by atoms with van der Waals surface area (Å²) >= 11 is 4.97. The van der Waals surface area contributed by atoms with Crippen LogP contribution in [0.5, 0.6) is 0 Å². The molecule has 0 aromatic carbocycles. The molecule has 1 amide bonds. The third-order valence-electron chi connectivity index (χ3n) is 2.32. The van der Waals surface area contributed by atoms with Gasteiger partial charge in [-0.25, -0.2) is 0 Å². The van der Waals surface area contributed by atoms with Crippen molar-refractivity contribution in [3.05, 3.63) is 20.8 Å². The summed E-state index contributed by atoms with van der Waals surface area (Å²) in [6.45, 7) is 2.16. The fourth-order valence-electron chi connectivity index (χ4n) is 1.39. The van der Waals surface area contributed by atoms with E-state index in [2.05, 4.69) is 21.2 Å². The van der Waals surface area contributed by atoms with Gasteiger partial charge in [0.1, 0.15) is 5.92 Å². The van der Waals surface area contributed by atoms with Crippen LogP contribution in [0.15, 0.2) is 15.9 Å². The zero-order chi connectivity index (χ0) is 12.8. The molecule has 1 unspecified atom stereocenters. The van der Waals surface area contributed by atoms with Crippen molar-refractivity contribution in [3.8, 4) is 0 Å². The fourth-order valence-corrected chi connectivity index (χ4v) is 2.87. The number of thiophene rings is 1. The van der Waals surface area contributed by atoms with Gasteiger partial charge >= 0.3 is 5.97 Å². The molecule has 1 aromatic rings. The Labute approximate surface area is 112 Å². The predicted octanol–water partition coefficient (Wildman–Crippen LogP) is 2.28. The summed E-state index contributed by atoms with van der Waals surface area (Å²) in [5.74, 6) is -2.41. The Morgan fingerprint density at radius 2 is 2.24 bits per heavy atom. The first-order valence-electron chi connectivity index (χ1n) is 5.29. The molecule has 0 aliphatic rings. The number of carbonyl (C=O) groups is 2. The zero-order valence-corrected chi connectivity index (χ0v) is 11.8. The summed E-state index contributed by atoms with van der Waals surface area (Å²) in [4.78, 5) is 23.4. The lowest BCUT2D eigenvalue weighted by Gasteiger charge is -2.09. The summed E-state index contributed by atoms with van der Waals surface area (Å²) in [6, 6.07) is 3.93. The largest absolute Gasteiger partial charge is 0.481 e. The van der Waals surface area contributed by atoms with E-state index < -0.39 is 17.8 Å². The number of carboxylic acid groups (broad SMARTS) is 1. The lowest BCUT2D eigenvalue weighted by Crippen LogP contribution is -2.36. The molecule has 0 aliphatic carbocycles. The van der Waals surface area contributed by atoms with Crippen molar-refractivity contribution < 1.29 is 14.7 Å². The molecule has 0 radical (unpaired) electrons. The monoisotopic (exact) mass is 319 g/mol. The highest BCUT2D eigenvalue weighted by atomic mass is 79.9. The van der Waals surface area contributed by atoms with Gasteiger partial charge in [0.2, 0.25) is 5.91 Å². The van der Waals surface area contributed by atoms with Gasteiger partial charge in [-0.1, -0.05) is 6.92 Å². The molecule has 6 heteroatoms. The number of halogens is 1. The number of aliphatic carboxylic acids is 1. The topological polar surface area (TPSA) is 66.4 Å². The normalized spacial score (nSPS) is 12.1. The number of carboxylic acids is 1. The standard InChI is InChI=1S/C11H14BrNO3S/c1-2-8(11(15)16)10(14)13-6-5-7-3-4-9(12)17-7/h3-4,8H,2,5-6H2,1H3,(H,13,14)(H,15,16). The maximum atomic E-state index is 11.5. The lowest BCUT2D eigenvalue weighted by molar-refractivity contribution is -0.147. The highest BCUT2D eigenvalue weighted by Gasteiger charge is 2.23. The minimum Gasteiger partial charge on any atom is -0.481 e. The van der Waals surface area contributed by atoms with Crippen LogP contribution in [0.25, 0.3) is 0 Å². The van der Waals surface area contributed by atoms with Gasteiger partial charge in [-0.05, 0) is 40.9 Å².